The first-order valence-corrected chi connectivity index (χ1v) is 5.99. The van der Waals surface area contributed by atoms with Gasteiger partial charge in [0.15, 0.2) is 0 Å². The van der Waals surface area contributed by atoms with Gasteiger partial charge in [0.25, 0.3) is 5.69 Å². The maximum Gasteiger partial charge on any atom is 0.508 e. The van der Waals surface area contributed by atoms with Crippen molar-refractivity contribution in [1.82, 2.24) is 4.98 Å². The Morgan fingerprint density at radius 2 is 2.32 bits per heavy atom. The van der Waals surface area contributed by atoms with Crippen LogP contribution in [0.5, 0.6) is 0 Å². The summed E-state index contributed by atoms with van der Waals surface area (Å²) in [6.07, 6.45) is 3.03. The molecule has 0 amide bonds. The molecule has 102 valence electrons. The number of nitro groups is 1. The van der Waals surface area contributed by atoms with Crippen molar-refractivity contribution in [2.24, 2.45) is 0 Å². The standard InChI is InChI=1S/C12H14N2O5/c1-18-12(15)19-10-5-3-2-4-8-6-9(14(16)17)7-13-11(8)10/h6-7,10H,2-5H2,1H3. The predicted molar refractivity (Wildman–Crippen MR) is 64.7 cm³/mol. The minimum absolute atomic E-state index is 0.0440. The van der Waals surface area contributed by atoms with Crippen LogP contribution in [0.25, 0.3) is 0 Å². The largest absolute Gasteiger partial charge is 0.508 e. The Morgan fingerprint density at radius 3 is 3.00 bits per heavy atom. The van der Waals surface area contributed by atoms with Gasteiger partial charge in [-0.1, -0.05) is 0 Å². The van der Waals surface area contributed by atoms with Gasteiger partial charge in [0, 0.05) is 6.07 Å². The minimum atomic E-state index is -0.766. The van der Waals surface area contributed by atoms with Crippen LogP contribution in [-0.2, 0) is 15.9 Å². The lowest BCUT2D eigenvalue weighted by Gasteiger charge is -2.16. The average Bonchev–Trinajstić information content (AvgIpc) is 2.60. The van der Waals surface area contributed by atoms with E-state index in [4.69, 9.17) is 4.74 Å². The Labute approximate surface area is 109 Å². The van der Waals surface area contributed by atoms with E-state index in [0.29, 0.717) is 18.5 Å². The Morgan fingerprint density at radius 1 is 1.53 bits per heavy atom. The molecule has 1 aliphatic carbocycles. The van der Waals surface area contributed by atoms with E-state index in [1.807, 2.05) is 0 Å². The number of ether oxygens (including phenoxy) is 2. The number of carbonyl (C=O) groups excluding carboxylic acids is 1. The summed E-state index contributed by atoms with van der Waals surface area (Å²) in [5.74, 6) is 0. The first-order chi connectivity index (χ1) is 9.11. The molecule has 1 heterocycles. The van der Waals surface area contributed by atoms with Gasteiger partial charge in [-0.05, 0) is 31.2 Å². The van der Waals surface area contributed by atoms with Crippen LogP contribution >= 0.6 is 0 Å². The summed E-state index contributed by atoms with van der Waals surface area (Å²) in [4.78, 5) is 25.6. The van der Waals surface area contributed by atoms with E-state index in [2.05, 4.69) is 9.72 Å². The van der Waals surface area contributed by atoms with Gasteiger partial charge in [0.05, 0.1) is 17.7 Å². The van der Waals surface area contributed by atoms with Crippen molar-refractivity contribution in [2.75, 3.05) is 7.11 Å². The molecule has 2 rings (SSSR count). The molecule has 1 atom stereocenters. The number of fused-ring (bicyclic) bond motifs is 1. The second-order valence-corrected chi connectivity index (χ2v) is 4.30. The second kappa shape index (κ2) is 5.64. The van der Waals surface area contributed by atoms with Crippen molar-refractivity contribution in [3.05, 3.63) is 33.6 Å². The Balaban J connectivity index is 2.31. The Hall–Kier alpha value is -2.18. The highest BCUT2D eigenvalue weighted by Gasteiger charge is 2.25. The minimum Gasteiger partial charge on any atom is -0.438 e. The fourth-order valence-electron chi connectivity index (χ4n) is 2.16. The fourth-order valence-corrected chi connectivity index (χ4v) is 2.16. The quantitative estimate of drug-likeness (QED) is 0.353. The molecular weight excluding hydrogens is 252 g/mol. The van der Waals surface area contributed by atoms with Gasteiger partial charge in [0.2, 0.25) is 0 Å². The number of hydrogen-bond acceptors (Lipinski definition) is 6. The Bertz CT molecular complexity index is 503. The molecule has 0 saturated heterocycles. The zero-order chi connectivity index (χ0) is 13.8. The van der Waals surface area contributed by atoms with Crippen molar-refractivity contribution >= 4 is 11.8 Å². The lowest BCUT2D eigenvalue weighted by atomic mass is 10.1. The molecule has 0 bridgehead atoms. The summed E-state index contributed by atoms with van der Waals surface area (Å²) in [5, 5.41) is 10.7. The maximum atomic E-state index is 11.2. The lowest BCUT2D eigenvalue weighted by molar-refractivity contribution is -0.385. The molecule has 1 aliphatic rings. The van der Waals surface area contributed by atoms with Crippen molar-refractivity contribution in [3.63, 3.8) is 0 Å². The van der Waals surface area contributed by atoms with Gasteiger partial charge in [-0.3, -0.25) is 10.1 Å². The number of rotatable bonds is 2. The van der Waals surface area contributed by atoms with E-state index in [9.17, 15) is 14.9 Å². The van der Waals surface area contributed by atoms with Crippen LogP contribution in [-0.4, -0.2) is 23.2 Å². The van der Waals surface area contributed by atoms with Crippen LogP contribution in [0.3, 0.4) is 0 Å². The highest BCUT2D eigenvalue weighted by Crippen LogP contribution is 2.31. The van der Waals surface area contributed by atoms with Gasteiger partial charge in [-0.2, -0.15) is 0 Å². The number of hydrogen-bond donors (Lipinski definition) is 0. The number of carbonyl (C=O) groups is 1. The molecule has 19 heavy (non-hydrogen) atoms. The lowest BCUT2D eigenvalue weighted by Crippen LogP contribution is -2.13. The summed E-state index contributed by atoms with van der Waals surface area (Å²) >= 11 is 0. The molecule has 1 unspecified atom stereocenters. The second-order valence-electron chi connectivity index (χ2n) is 4.30. The summed E-state index contributed by atoms with van der Waals surface area (Å²) in [5.41, 5.74) is 1.31. The molecule has 0 aliphatic heterocycles. The summed E-state index contributed by atoms with van der Waals surface area (Å²) in [7, 11) is 1.24. The van der Waals surface area contributed by atoms with Crippen LogP contribution in [0, 0.1) is 10.1 Å². The van der Waals surface area contributed by atoms with E-state index in [1.54, 1.807) is 0 Å². The number of aryl methyl sites for hydroxylation is 1. The molecule has 0 spiro atoms. The third kappa shape index (κ3) is 2.98. The number of aromatic nitrogens is 1. The third-order valence-corrected chi connectivity index (χ3v) is 3.07. The maximum absolute atomic E-state index is 11.2. The molecule has 0 N–H and O–H groups in total. The molecule has 0 radical (unpaired) electrons. The van der Waals surface area contributed by atoms with Crippen molar-refractivity contribution in [2.45, 2.75) is 31.8 Å². The molecule has 0 aromatic carbocycles. The van der Waals surface area contributed by atoms with Gasteiger partial charge in [-0.15, -0.1) is 0 Å². The average molecular weight is 266 g/mol. The van der Waals surface area contributed by atoms with Gasteiger partial charge >= 0.3 is 6.16 Å². The van der Waals surface area contributed by atoms with Gasteiger partial charge in [0.1, 0.15) is 12.3 Å². The summed E-state index contributed by atoms with van der Waals surface area (Å²) < 4.78 is 9.63. The predicted octanol–water partition coefficient (Wildman–Crippen LogP) is 2.54. The smallest absolute Gasteiger partial charge is 0.438 e. The zero-order valence-electron chi connectivity index (χ0n) is 10.5. The molecule has 0 fully saturated rings. The molecular formula is C12H14N2O5. The monoisotopic (exact) mass is 266 g/mol. The van der Waals surface area contributed by atoms with Crippen LogP contribution in [0.2, 0.25) is 0 Å². The summed E-state index contributed by atoms with van der Waals surface area (Å²) in [6, 6.07) is 1.50. The van der Waals surface area contributed by atoms with Crippen LogP contribution in [0.4, 0.5) is 10.5 Å². The molecule has 7 nitrogen and oxygen atoms in total. The van der Waals surface area contributed by atoms with Gasteiger partial charge in [-0.25, -0.2) is 9.78 Å². The van der Waals surface area contributed by atoms with Crippen LogP contribution < -0.4 is 0 Å². The molecule has 0 saturated carbocycles. The SMILES string of the molecule is COC(=O)OC1CCCCc2cc([N+](=O)[O-])cnc21. The van der Waals surface area contributed by atoms with Crippen molar-refractivity contribution in [3.8, 4) is 0 Å². The van der Waals surface area contributed by atoms with E-state index >= 15 is 0 Å². The van der Waals surface area contributed by atoms with E-state index in [-0.39, 0.29) is 5.69 Å². The van der Waals surface area contributed by atoms with Gasteiger partial charge < -0.3 is 9.47 Å². The third-order valence-electron chi connectivity index (χ3n) is 3.07. The zero-order valence-corrected chi connectivity index (χ0v) is 10.5. The number of pyridine rings is 1. The van der Waals surface area contributed by atoms with Crippen molar-refractivity contribution < 1.29 is 19.2 Å². The van der Waals surface area contributed by atoms with Crippen LogP contribution in [0.15, 0.2) is 12.3 Å². The molecule has 7 heteroatoms. The summed E-state index contributed by atoms with van der Waals surface area (Å²) in [6.45, 7) is 0. The first-order valence-electron chi connectivity index (χ1n) is 5.99. The Kier molecular flexibility index (Phi) is 3.94. The van der Waals surface area contributed by atoms with E-state index < -0.39 is 17.2 Å². The molecule has 1 aromatic heterocycles. The topological polar surface area (TPSA) is 91.6 Å². The fraction of sp³-hybridized carbons (Fsp3) is 0.500. The van der Waals surface area contributed by atoms with Crippen LogP contribution in [0.1, 0.15) is 36.6 Å². The normalized spacial score (nSPS) is 18.1. The highest BCUT2D eigenvalue weighted by atomic mass is 16.7. The van der Waals surface area contributed by atoms with E-state index in [1.165, 1.54) is 19.4 Å². The number of methoxy groups -OCH3 is 1. The molecule has 1 aromatic rings. The highest BCUT2D eigenvalue weighted by molar-refractivity contribution is 5.60. The number of nitrogens with zero attached hydrogens (tertiary/aromatic N) is 2. The van der Waals surface area contributed by atoms with Crippen molar-refractivity contribution in [1.29, 1.82) is 0 Å². The first kappa shape index (κ1) is 13.3. The van der Waals surface area contributed by atoms with E-state index in [0.717, 1.165) is 18.4 Å².